The summed E-state index contributed by atoms with van der Waals surface area (Å²) in [6.45, 7) is 3.26. The van der Waals surface area contributed by atoms with Gasteiger partial charge in [-0.15, -0.1) is 0 Å². The Hall–Kier alpha value is -2.60. The van der Waals surface area contributed by atoms with Crippen molar-refractivity contribution in [1.82, 2.24) is 0 Å². The molecule has 0 heterocycles. The summed E-state index contributed by atoms with van der Waals surface area (Å²) in [5.41, 5.74) is 0.0776. The van der Waals surface area contributed by atoms with E-state index in [1.165, 1.54) is 25.1 Å². The molecule has 0 aliphatic carbocycles. The van der Waals surface area contributed by atoms with Crippen LogP contribution in [0.25, 0.3) is 11.1 Å². The summed E-state index contributed by atoms with van der Waals surface area (Å²) in [6.07, 6.45) is 0.517. The Kier molecular flexibility index (Phi) is 7.14. The molecule has 2 aromatic rings. The van der Waals surface area contributed by atoms with E-state index in [2.05, 4.69) is 0 Å². The van der Waals surface area contributed by atoms with E-state index in [4.69, 9.17) is 4.74 Å². The molecule has 2 N–H and O–H groups in total. The fourth-order valence-corrected chi connectivity index (χ4v) is 4.06. The number of carbonyl (C=O) groups excluding carboxylic acids is 2. The number of esters is 1. The Bertz CT molecular complexity index is 1200. The summed E-state index contributed by atoms with van der Waals surface area (Å²) in [4.78, 5) is 22.4. The molecule has 0 amide bonds. The SMILES string of the molecule is CCCC(=O)Oc1ccc(-c2ccc(C(=O)CC)c(S(=O)(=O)O)c2)cc1S(=O)(=O)O. The third kappa shape index (κ3) is 5.51. The van der Waals surface area contributed by atoms with E-state index in [1.807, 2.05) is 0 Å². The number of rotatable bonds is 8. The molecule has 162 valence electrons. The number of benzene rings is 2. The van der Waals surface area contributed by atoms with Gasteiger partial charge in [0.05, 0.1) is 0 Å². The minimum Gasteiger partial charge on any atom is -0.425 e. The Labute approximate surface area is 174 Å². The van der Waals surface area contributed by atoms with Crippen LogP contribution >= 0.6 is 0 Å². The van der Waals surface area contributed by atoms with Gasteiger partial charge in [-0.05, 0) is 41.8 Å². The summed E-state index contributed by atoms with van der Waals surface area (Å²) < 4.78 is 71.0. The highest BCUT2D eigenvalue weighted by Gasteiger charge is 2.23. The molecule has 2 rings (SSSR count). The molecular weight excluding hydrogens is 436 g/mol. The van der Waals surface area contributed by atoms with Gasteiger partial charge in [-0.25, -0.2) is 0 Å². The summed E-state index contributed by atoms with van der Waals surface area (Å²) >= 11 is 0. The second-order valence-corrected chi connectivity index (χ2v) is 9.10. The second kappa shape index (κ2) is 9.04. The quantitative estimate of drug-likeness (QED) is 0.264. The lowest BCUT2D eigenvalue weighted by molar-refractivity contribution is -0.134. The van der Waals surface area contributed by atoms with Crippen molar-refractivity contribution < 1.29 is 40.3 Å². The van der Waals surface area contributed by atoms with E-state index < -0.39 is 41.8 Å². The summed E-state index contributed by atoms with van der Waals surface area (Å²) in [6, 6.07) is 7.06. The van der Waals surface area contributed by atoms with Crippen LogP contribution in [-0.2, 0) is 25.0 Å². The highest BCUT2D eigenvalue weighted by atomic mass is 32.2. The summed E-state index contributed by atoms with van der Waals surface area (Å²) in [5, 5.41) is 0. The van der Waals surface area contributed by atoms with Crippen LogP contribution in [0.15, 0.2) is 46.2 Å². The van der Waals surface area contributed by atoms with Gasteiger partial charge in [-0.3, -0.25) is 18.7 Å². The van der Waals surface area contributed by atoms with Gasteiger partial charge in [0.25, 0.3) is 20.2 Å². The van der Waals surface area contributed by atoms with Gasteiger partial charge < -0.3 is 4.74 Å². The first-order valence-corrected chi connectivity index (χ1v) is 11.7. The highest BCUT2D eigenvalue weighted by Crippen LogP contribution is 2.32. The number of hydrogen-bond acceptors (Lipinski definition) is 7. The van der Waals surface area contributed by atoms with Gasteiger partial charge in [0.1, 0.15) is 9.79 Å². The molecule has 0 saturated heterocycles. The van der Waals surface area contributed by atoms with Crippen LogP contribution in [0.1, 0.15) is 43.5 Å². The average molecular weight is 456 g/mol. The maximum Gasteiger partial charge on any atom is 0.311 e. The molecule has 0 spiro atoms. The molecule has 2 aromatic carbocycles. The van der Waals surface area contributed by atoms with Gasteiger partial charge in [-0.1, -0.05) is 26.0 Å². The van der Waals surface area contributed by atoms with Crippen LogP contribution in [0.5, 0.6) is 5.75 Å². The monoisotopic (exact) mass is 456 g/mol. The third-order valence-electron chi connectivity index (χ3n) is 4.11. The molecule has 11 heteroatoms. The molecule has 30 heavy (non-hydrogen) atoms. The van der Waals surface area contributed by atoms with Crippen molar-refractivity contribution in [2.45, 2.75) is 42.9 Å². The van der Waals surface area contributed by atoms with Crippen LogP contribution < -0.4 is 4.74 Å². The standard InChI is InChI=1S/C19H20O9S2/c1-3-5-19(21)28-16-9-7-13(11-18(16)30(25,26)27)12-6-8-14(15(20)4-2)17(10-12)29(22,23)24/h6-11H,3-5H2,1-2H3,(H,22,23,24)(H,25,26,27). The van der Waals surface area contributed by atoms with Crippen molar-refractivity contribution in [3.8, 4) is 16.9 Å². The second-order valence-electron chi connectivity index (χ2n) is 6.32. The molecule has 0 fully saturated rings. The molecule has 9 nitrogen and oxygen atoms in total. The van der Waals surface area contributed by atoms with Crippen LogP contribution in [0.4, 0.5) is 0 Å². The smallest absolute Gasteiger partial charge is 0.311 e. The van der Waals surface area contributed by atoms with Crippen molar-refractivity contribution in [3.63, 3.8) is 0 Å². The predicted molar refractivity (Wildman–Crippen MR) is 107 cm³/mol. The fraction of sp³-hybridized carbons (Fsp3) is 0.263. The lowest BCUT2D eigenvalue weighted by atomic mass is 10.0. The van der Waals surface area contributed by atoms with E-state index >= 15 is 0 Å². The maximum absolute atomic E-state index is 12.0. The first-order chi connectivity index (χ1) is 13.9. The van der Waals surface area contributed by atoms with Crippen molar-refractivity contribution in [1.29, 1.82) is 0 Å². The summed E-state index contributed by atoms with van der Waals surface area (Å²) in [5.74, 6) is -1.58. The maximum atomic E-state index is 12.0. The van der Waals surface area contributed by atoms with Gasteiger partial charge in [0.15, 0.2) is 11.5 Å². The number of ketones is 1. The van der Waals surface area contributed by atoms with Crippen molar-refractivity contribution in [2.75, 3.05) is 0 Å². The molecule has 0 bridgehead atoms. The number of hydrogen-bond donors (Lipinski definition) is 2. The molecule has 0 saturated carbocycles. The Morgan fingerprint density at radius 1 is 0.867 bits per heavy atom. The summed E-state index contributed by atoms with van der Waals surface area (Å²) in [7, 11) is -9.53. The van der Waals surface area contributed by atoms with Gasteiger partial charge in [-0.2, -0.15) is 16.8 Å². The lowest BCUT2D eigenvalue weighted by Gasteiger charge is -2.12. The zero-order chi connectivity index (χ0) is 22.7. The van der Waals surface area contributed by atoms with Gasteiger partial charge in [0, 0.05) is 18.4 Å². The minimum atomic E-state index is -4.79. The molecule has 0 aromatic heterocycles. The topological polar surface area (TPSA) is 152 Å². The molecule has 0 aliphatic rings. The Morgan fingerprint density at radius 3 is 1.90 bits per heavy atom. The predicted octanol–water partition coefficient (Wildman–Crippen LogP) is 3.15. The van der Waals surface area contributed by atoms with Crippen LogP contribution in [0.2, 0.25) is 0 Å². The van der Waals surface area contributed by atoms with Crippen molar-refractivity contribution in [3.05, 3.63) is 42.0 Å². The van der Waals surface area contributed by atoms with E-state index in [1.54, 1.807) is 6.92 Å². The van der Waals surface area contributed by atoms with E-state index in [0.717, 1.165) is 18.2 Å². The first kappa shape index (κ1) is 23.7. The Balaban J connectivity index is 2.65. The largest absolute Gasteiger partial charge is 0.425 e. The molecule has 0 aliphatic heterocycles. The van der Waals surface area contributed by atoms with Gasteiger partial charge >= 0.3 is 5.97 Å². The normalized spacial score (nSPS) is 11.9. The molecule has 0 unspecified atom stereocenters. The zero-order valence-corrected chi connectivity index (χ0v) is 17.8. The van der Waals surface area contributed by atoms with E-state index in [9.17, 15) is 35.5 Å². The van der Waals surface area contributed by atoms with Crippen LogP contribution in [0.3, 0.4) is 0 Å². The molecular formula is C19H20O9S2. The van der Waals surface area contributed by atoms with Crippen LogP contribution in [-0.4, -0.2) is 37.7 Å². The number of carbonyl (C=O) groups is 2. The Morgan fingerprint density at radius 2 is 1.40 bits per heavy atom. The minimum absolute atomic E-state index is 0.00654. The van der Waals surface area contributed by atoms with E-state index in [0.29, 0.717) is 6.42 Å². The molecule has 0 atom stereocenters. The number of ether oxygens (including phenoxy) is 1. The lowest BCUT2D eigenvalue weighted by Crippen LogP contribution is -2.11. The zero-order valence-electron chi connectivity index (χ0n) is 16.2. The first-order valence-electron chi connectivity index (χ1n) is 8.85. The van der Waals surface area contributed by atoms with Gasteiger partial charge in [0.2, 0.25) is 0 Å². The highest BCUT2D eigenvalue weighted by molar-refractivity contribution is 7.86. The van der Waals surface area contributed by atoms with Crippen molar-refractivity contribution in [2.24, 2.45) is 0 Å². The third-order valence-corrected chi connectivity index (χ3v) is 5.88. The van der Waals surface area contributed by atoms with Crippen molar-refractivity contribution >= 4 is 32.0 Å². The molecule has 0 radical (unpaired) electrons. The van der Waals surface area contributed by atoms with Crippen LogP contribution in [0, 0.1) is 0 Å². The fourth-order valence-electron chi connectivity index (χ4n) is 2.69. The van der Waals surface area contributed by atoms with E-state index in [-0.39, 0.29) is 35.3 Å². The number of Topliss-reactive ketones (excluding diaryl/α,β-unsaturated/α-hetero) is 1. The average Bonchev–Trinajstić information content (AvgIpc) is 2.66.